The number of rotatable bonds is 5. The van der Waals surface area contributed by atoms with Crippen LogP contribution < -0.4 is 11.1 Å². The fourth-order valence-corrected chi connectivity index (χ4v) is 3.09. The standard InChI is InChI=1S/C16H10FN3O.C6H14N2/c17-14-5-13(6-18-7-14)16-9-19-8-15(20-16)12-3-1-11(10-21)2-4-12;1-8-5-6(7)3-2-4-6/h1-10H;8H,2-5,7H2,1H3. The van der Waals surface area contributed by atoms with E-state index in [0.717, 1.165) is 24.6 Å². The van der Waals surface area contributed by atoms with Gasteiger partial charge in [0, 0.05) is 35.0 Å². The average Bonchev–Trinajstić information content (AvgIpc) is 2.73. The van der Waals surface area contributed by atoms with Crippen LogP contribution in [0.25, 0.3) is 22.5 Å². The molecule has 1 fully saturated rings. The highest BCUT2D eigenvalue weighted by Crippen LogP contribution is 2.27. The summed E-state index contributed by atoms with van der Waals surface area (Å²) in [5, 5.41) is 3.09. The topological polar surface area (TPSA) is 93.8 Å². The predicted octanol–water partition coefficient (Wildman–Crippen LogP) is 3.24. The van der Waals surface area contributed by atoms with Crippen LogP contribution in [0, 0.1) is 5.82 Å². The van der Waals surface area contributed by atoms with E-state index in [0.29, 0.717) is 22.5 Å². The zero-order valence-corrected chi connectivity index (χ0v) is 16.3. The average molecular weight is 393 g/mol. The quantitative estimate of drug-likeness (QED) is 0.647. The molecule has 3 aromatic rings. The minimum atomic E-state index is -0.421. The normalized spacial score (nSPS) is 14.3. The number of hydrogen-bond donors (Lipinski definition) is 2. The number of carbonyl (C=O) groups is 1. The number of benzene rings is 1. The van der Waals surface area contributed by atoms with Gasteiger partial charge in [0.2, 0.25) is 0 Å². The first-order valence-electron chi connectivity index (χ1n) is 9.45. The molecule has 150 valence electrons. The Labute approximate surface area is 169 Å². The van der Waals surface area contributed by atoms with Gasteiger partial charge in [-0.3, -0.25) is 14.8 Å². The maximum absolute atomic E-state index is 13.2. The van der Waals surface area contributed by atoms with Gasteiger partial charge >= 0.3 is 0 Å². The minimum Gasteiger partial charge on any atom is -0.324 e. The molecular formula is C22H24FN5O. The highest BCUT2D eigenvalue weighted by atomic mass is 19.1. The Kier molecular flexibility index (Phi) is 6.74. The van der Waals surface area contributed by atoms with E-state index >= 15 is 0 Å². The molecule has 1 aliphatic rings. The number of halogens is 1. The maximum Gasteiger partial charge on any atom is 0.150 e. The van der Waals surface area contributed by atoms with Crippen molar-refractivity contribution in [3.05, 3.63) is 66.5 Å². The molecule has 1 aromatic carbocycles. The van der Waals surface area contributed by atoms with Crippen LogP contribution in [0.1, 0.15) is 29.6 Å². The van der Waals surface area contributed by atoms with Gasteiger partial charge in [-0.2, -0.15) is 0 Å². The molecule has 3 N–H and O–H groups in total. The van der Waals surface area contributed by atoms with Crippen molar-refractivity contribution < 1.29 is 9.18 Å². The summed E-state index contributed by atoms with van der Waals surface area (Å²) in [6, 6.07) is 8.36. The monoisotopic (exact) mass is 393 g/mol. The minimum absolute atomic E-state index is 0.161. The smallest absolute Gasteiger partial charge is 0.150 e. The number of nitrogens with zero attached hydrogens (tertiary/aromatic N) is 3. The molecule has 0 amide bonds. The SMILES string of the molecule is CNCC1(N)CCC1.O=Cc1ccc(-c2cncc(-c3cncc(F)c3)n2)cc1. The van der Waals surface area contributed by atoms with Gasteiger partial charge in [0.15, 0.2) is 0 Å². The molecule has 0 atom stereocenters. The number of likely N-dealkylation sites (N-methyl/N-ethyl adjacent to an activating group) is 1. The van der Waals surface area contributed by atoms with Crippen LogP contribution >= 0.6 is 0 Å². The van der Waals surface area contributed by atoms with E-state index in [-0.39, 0.29) is 5.54 Å². The predicted molar refractivity (Wildman–Crippen MR) is 111 cm³/mol. The van der Waals surface area contributed by atoms with Gasteiger partial charge in [0.1, 0.15) is 12.1 Å². The van der Waals surface area contributed by atoms with Gasteiger partial charge in [0.05, 0.1) is 30.0 Å². The van der Waals surface area contributed by atoms with E-state index in [1.165, 1.54) is 31.5 Å². The van der Waals surface area contributed by atoms with E-state index in [9.17, 15) is 9.18 Å². The van der Waals surface area contributed by atoms with Gasteiger partial charge in [-0.25, -0.2) is 9.37 Å². The van der Waals surface area contributed by atoms with Crippen LogP contribution in [-0.2, 0) is 0 Å². The lowest BCUT2D eigenvalue weighted by Gasteiger charge is -2.37. The molecule has 2 aromatic heterocycles. The first-order valence-corrected chi connectivity index (χ1v) is 9.45. The number of aldehydes is 1. The number of hydrogen-bond acceptors (Lipinski definition) is 6. The van der Waals surface area contributed by atoms with Gasteiger partial charge in [-0.15, -0.1) is 0 Å². The second-order valence-corrected chi connectivity index (χ2v) is 7.17. The summed E-state index contributed by atoms with van der Waals surface area (Å²) in [5.41, 5.74) is 9.19. The second-order valence-electron chi connectivity index (χ2n) is 7.17. The summed E-state index contributed by atoms with van der Waals surface area (Å²) in [5.74, 6) is -0.421. The van der Waals surface area contributed by atoms with E-state index in [1.54, 1.807) is 36.7 Å². The first-order chi connectivity index (χ1) is 14.0. The van der Waals surface area contributed by atoms with Gasteiger partial charge in [-0.1, -0.05) is 24.3 Å². The Morgan fingerprint density at radius 3 is 2.24 bits per heavy atom. The molecule has 0 unspecified atom stereocenters. The molecule has 6 nitrogen and oxygen atoms in total. The molecule has 0 spiro atoms. The van der Waals surface area contributed by atoms with Crippen molar-refractivity contribution in [1.82, 2.24) is 20.3 Å². The van der Waals surface area contributed by atoms with Crippen LogP contribution in [0.4, 0.5) is 4.39 Å². The van der Waals surface area contributed by atoms with Crippen LogP contribution in [0.2, 0.25) is 0 Å². The van der Waals surface area contributed by atoms with Gasteiger partial charge in [0.25, 0.3) is 0 Å². The lowest BCUT2D eigenvalue weighted by Crippen LogP contribution is -2.53. The Hall–Kier alpha value is -3.03. The summed E-state index contributed by atoms with van der Waals surface area (Å²) in [6.45, 7) is 0.979. The third-order valence-electron chi connectivity index (χ3n) is 4.86. The van der Waals surface area contributed by atoms with Gasteiger partial charge < -0.3 is 11.1 Å². The summed E-state index contributed by atoms with van der Waals surface area (Å²) in [4.78, 5) is 23.0. The molecule has 2 heterocycles. The highest BCUT2D eigenvalue weighted by molar-refractivity contribution is 5.76. The highest BCUT2D eigenvalue weighted by Gasteiger charge is 2.31. The lowest BCUT2D eigenvalue weighted by molar-refractivity contribution is 0.112. The number of pyridine rings is 1. The Bertz CT molecular complexity index is 957. The Balaban J connectivity index is 0.000000252. The molecule has 0 saturated heterocycles. The van der Waals surface area contributed by atoms with Crippen molar-refractivity contribution in [2.75, 3.05) is 13.6 Å². The van der Waals surface area contributed by atoms with Crippen LogP contribution in [0.15, 0.2) is 55.1 Å². The van der Waals surface area contributed by atoms with Crippen molar-refractivity contribution in [3.8, 4) is 22.5 Å². The Morgan fingerprint density at radius 1 is 1.07 bits per heavy atom. The zero-order chi connectivity index (χ0) is 20.7. The van der Waals surface area contributed by atoms with E-state index in [1.807, 2.05) is 7.05 Å². The van der Waals surface area contributed by atoms with Crippen molar-refractivity contribution in [2.45, 2.75) is 24.8 Å². The van der Waals surface area contributed by atoms with Crippen LogP contribution in [-0.4, -0.2) is 40.4 Å². The molecule has 7 heteroatoms. The summed E-state index contributed by atoms with van der Waals surface area (Å²) >= 11 is 0. The molecule has 29 heavy (non-hydrogen) atoms. The van der Waals surface area contributed by atoms with Crippen LogP contribution in [0.3, 0.4) is 0 Å². The summed E-state index contributed by atoms with van der Waals surface area (Å²) < 4.78 is 13.2. The van der Waals surface area contributed by atoms with Crippen molar-refractivity contribution in [3.63, 3.8) is 0 Å². The fourth-order valence-electron chi connectivity index (χ4n) is 3.09. The first kappa shape index (κ1) is 20.7. The Morgan fingerprint density at radius 2 is 1.72 bits per heavy atom. The molecule has 0 radical (unpaired) electrons. The number of aromatic nitrogens is 3. The van der Waals surface area contributed by atoms with Crippen molar-refractivity contribution in [1.29, 1.82) is 0 Å². The van der Waals surface area contributed by atoms with Crippen molar-refractivity contribution in [2.24, 2.45) is 5.73 Å². The third-order valence-corrected chi connectivity index (χ3v) is 4.86. The van der Waals surface area contributed by atoms with E-state index in [2.05, 4.69) is 20.3 Å². The number of carbonyl (C=O) groups excluding carboxylic acids is 1. The number of nitrogens with two attached hydrogens (primary N) is 1. The summed E-state index contributed by atoms with van der Waals surface area (Å²) in [7, 11) is 1.95. The largest absolute Gasteiger partial charge is 0.324 e. The van der Waals surface area contributed by atoms with Crippen LogP contribution in [0.5, 0.6) is 0 Å². The third kappa shape index (κ3) is 5.49. The molecule has 1 saturated carbocycles. The molecule has 1 aliphatic carbocycles. The number of nitrogens with one attached hydrogen (secondary N) is 1. The lowest BCUT2D eigenvalue weighted by atomic mass is 9.78. The van der Waals surface area contributed by atoms with E-state index in [4.69, 9.17) is 5.73 Å². The van der Waals surface area contributed by atoms with E-state index < -0.39 is 5.82 Å². The summed E-state index contributed by atoms with van der Waals surface area (Å²) in [6.07, 6.45) is 10.3. The molecular weight excluding hydrogens is 369 g/mol. The van der Waals surface area contributed by atoms with Crippen molar-refractivity contribution >= 4 is 6.29 Å². The second kappa shape index (κ2) is 9.45. The zero-order valence-electron chi connectivity index (χ0n) is 16.3. The maximum atomic E-state index is 13.2. The fraction of sp³-hybridized carbons (Fsp3) is 0.273. The van der Waals surface area contributed by atoms with Gasteiger partial charge in [-0.05, 0) is 32.4 Å². The molecule has 0 bridgehead atoms. The molecule has 0 aliphatic heterocycles. The molecule has 4 rings (SSSR count).